The summed E-state index contributed by atoms with van der Waals surface area (Å²) in [6.07, 6.45) is 1.61. The average Bonchev–Trinajstić information content (AvgIpc) is 3.21. The third kappa shape index (κ3) is 6.11. The first-order valence-corrected chi connectivity index (χ1v) is 14.3. The highest BCUT2D eigenvalue weighted by atomic mass is 127. The molecule has 0 aliphatic carbocycles. The van der Waals surface area contributed by atoms with Crippen molar-refractivity contribution in [1.29, 1.82) is 0 Å². The molecule has 10 heteroatoms. The molecule has 4 aromatic carbocycles. The average molecular weight is 686 g/mol. The van der Waals surface area contributed by atoms with E-state index in [4.69, 9.17) is 25.8 Å². The lowest BCUT2D eigenvalue weighted by molar-refractivity contribution is -0.123. The van der Waals surface area contributed by atoms with Crippen molar-refractivity contribution in [2.75, 3.05) is 20.3 Å². The number of carbonyl (C=O) groups excluding carboxylic acids is 3. The third-order valence-electron chi connectivity index (χ3n) is 6.00. The molecule has 202 valence electrons. The molecule has 0 saturated carbocycles. The number of hydrogen-bond donors (Lipinski definition) is 0. The second kappa shape index (κ2) is 12.3. The predicted molar refractivity (Wildman–Crippen MR) is 164 cm³/mol. The van der Waals surface area contributed by atoms with Crippen molar-refractivity contribution in [3.8, 4) is 17.2 Å². The van der Waals surface area contributed by atoms with Crippen LogP contribution in [0.2, 0.25) is 5.02 Å². The summed E-state index contributed by atoms with van der Waals surface area (Å²) in [4.78, 5) is 39.8. The summed E-state index contributed by atoms with van der Waals surface area (Å²) >= 11 is 8.87. The minimum Gasteiger partial charge on any atom is -0.493 e. The number of rotatable bonds is 8. The first-order valence-electron chi connectivity index (χ1n) is 12.1. The van der Waals surface area contributed by atoms with Gasteiger partial charge in [-0.1, -0.05) is 54.1 Å². The van der Waals surface area contributed by atoms with E-state index in [-0.39, 0.29) is 29.0 Å². The maximum atomic E-state index is 13.1. The van der Waals surface area contributed by atoms with E-state index in [0.29, 0.717) is 31.2 Å². The second-order valence-electron chi connectivity index (χ2n) is 8.59. The summed E-state index contributed by atoms with van der Waals surface area (Å²) in [5.74, 6) is 0.249. The Labute approximate surface area is 253 Å². The van der Waals surface area contributed by atoms with E-state index in [9.17, 15) is 14.4 Å². The Morgan fingerprint density at radius 2 is 1.77 bits per heavy atom. The number of benzene rings is 4. The van der Waals surface area contributed by atoms with Crippen molar-refractivity contribution >= 4 is 79.9 Å². The number of thioether (sulfide) groups is 1. The van der Waals surface area contributed by atoms with Crippen LogP contribution in [0, 0.1) is 3.57 Å². The van der Waals surface area contributed by atoms with E-state index in [0.717, 1.165) is 22.5 Å². The van der Waals surface area contributed by atoms with Crippen molar-refractivity contribution in [1.82, 2.24) is 4.90 Å². The SMILES string of the molecule is COc1cc(/C=C2\SC(=O)N(CCOc3cccc4ccccc34)C2=O)cc(I)c1OC(=O)c1cccc(Cl)c1. The second-order valence-corrected chi connectivity index (χ2v) is 11.2. The Hall–Kier alpha value is -3.54. The highest BCUT2D eigenvalue weighted by Crippen LogP contribution is 2.38. The van der Waals surface area contributed by atoms with Crippen molar-refractivity contribution in [2.24, 2.45) is 0 Å². The smallest absolute Gasteiger partial charge is 0.343 e. The van der Waals surface area contributed by atoms with Crippen LogP contribution in [0.5, 0.6) is 17.2 Å². The zero-order valence-corrected chi connectivity index (χ0v) is 24.8. The fourth-order valence-corrected chi connectivity index (χ4v) is 5.89. The number of carbonyl (C=O) groups is 3. The van der Waals surface area contributed by atoms with Gasteiger partial charge in [0, 0.05) is 10.4 Å². The number of amides is 2. The normalized spacial score (nSPS) is 14.2. The minimum absolute atomic E-state index is 0.116. The van der Waals surface area contributed by atoms with Gasteiger partial charge in [-0.05, 0) is 87.8 Å². The van der Waals surface area contributed by atoms with Crippen LogP contribution in [0.3, 0.4) is 0 Å². The molecule has 1 aliphatic heterocycles. The standard InChI is InChI=1S/C30H21ClINO6S/c1-37-25-15-18(14-23(32)27(25)39-29(35)20-8-4-9-21(31)17-20)16-26-28(34)33(30(36)40-26)12-13-38-24-11-5-7-19-6-2-3-10-22(19)24/h2-11,14-17H,12-13H2,1H3/b26-16-. The number of nitrogens with zero attached hydrogens (tertiary/aromatic N) is 1. The fraction of sp³-hybridized carbons (Fsp3) is 0.100. The number of halogens is 2. The van der Waals surface area contributed by atoms with Crippen LogP contribution >= 0.6 is 46.0 Å². The molecule has 2 amide bonds. The Bertz CT molecular complexity index is 1670. The van der Waals surface area contributed by atoms with Crippen molar-refractivity contribution in [3.63, 3.8) is 0 Å². The molecule has 5 rings (SSSR count). The van der Waals surface area contributed by atoms with Crippen molar-refractivity contribution in [3.05, 3.63) is 103 Å². The lowest BCUT2D eigenvalue weighted by atomic mass is 10.1. The van der Waals surface area contributed by atoms with Crippen LogP contribution in [-0.2, 0) is 4.79 Å². The molecule has 1 heterocycles. The molecular weight excluding hydrogens is 665 g/mol. The van der Waals surface area contributed by atoms with E-state index < -0.39 is 11.9 Å². The molecule has 0 unspecified atom stereocenters. The van der Waals surface area contributed by atoms with Gasteiger partial charge in [-0.2, -0.15) is 0 Å². The van der Waals surface area contributed by atoms with E-state index in [2.05, 4.69) is 0 Å². The molecule has 0 bridgehead atoms. The molecule has 1 saturated heterocycles. The van der Waals surface area contributed by atoms with E-state index in [1.807, 2.05) is 65.1 Å². The van der Waals surface area contributed by atoms with E-state index in [1.165, 1.54) is 18.1 Å². The maximum Gasteiger partial charge on any atom is 0.343 e. The zero-order chi connectivity index (χ0) is 28.2. The van der Waals surface area contributed by atoms with Gasteiger partial charge in [-0.3, -0.25) is 14.5 Å². The summed E-state index contributed by atoms with van der Waals surface area (Å²) in [5, 5.41) is 2.06. The molecule has 7 nitrogen and oxygen atoms in total. The van der Waals surface area contributed by atoms with Gasteiger partial charge < -0.3 is 14.2 Å². The van der Waals surface area contributed by atoms with Gasteiger partial charge in [0.1, 0.15) is 12.4 Å². The Balaban J connectivity index is 1.28. The van der Waals surface area contributed by atoms with Crippen LogP contribution in [0.15, 0.2) is 83.8 Å². The summed E-state index contributed by atoms with van der Waals surface area (Å²) in [6.45, 7) is 0.280. The summed E-state index contributed by atoms with van der Waals surface area (Å²) in [5.41, 5.74) is 0.911. The summed E-state index contributed by atoms with van der Waals surface area (Å²) in [7, 11) is 1.45. The van der Waals surface area contributed by atoms with Crippen LogP contribution in [0.1, 0.15) is 15.9 Å². The highest BCUT2D eigenvalue weighted by molar-refractivity contribution is 14.1. The van der Waals surface area contributed by atoms with Gasteiger partial charge >= 0.3 is 5.97 Å². The molecule has 0 N–H and O–H groups in total. The number of ether oxygens (including phenoxy) is 3. The van der Waals surface area contributed by atoms with Gasteiger partial charge in [0.2, 0.25) is 0 Å². The Morgan fingerprint density at radius 1 is 1.00 bits per heavy atom. The fourth-order valence-electron chi connectivity index (χ4n) is 4.10. The molecular formula is C30H21ClINO6S. The Kier molecular flexibility index (Phi) is 8.63. The van der Waals surface area contributed by atoms with Crippen LogP contribution in [-0.4, -0.2) is 42.3 Å². The molecule has 0 atom stereocenters. The zero-order valence-electron chi connectivity index (χ0n) is 21.1. The predicted octanol–water partition coefficient (Wildman–Crippen LogP) is 7.44. The summed E-state index contributed by atoms with van der Waals surface area (Å²) < 4.78 is 17.6. The molecule has 1 aliphatic rings. The van der Waals surface area contributed by atoms with Crippen LogP contribution in [0.25, 0.3) is 16.8 Å². The Morgan fingerprint density at radius 3 is 2.58 bits per heavy atom. The lowest BCUT2D eigenvalue weighted by Crippen LogP contribution is -2.32. The topological polar surface area (TPSA) is 82.1 Å². The van der Waals surface area contributed by atoms with Gasteiger partial charge in [0.05, 0.1) is 27.7 Å². The number of imide groups is 1. The molecule has 0 spiro atoms. The van der Waals surface area contributed by atoms with Gasteiger partial charge in [-0.15, -0.1) is 0 Å². The van der Waals surface area contributed by atoms with E-state index >= 15 is 0 Å². The first kappa shape index (κ1) is 28.0. The van der Waals surface area contributed by atoms with Crippen LogP contribution in [0.4, 0.5) is 4.79 Å². The summed E-state index contributed by atoms with van der Waals surface area (Å²) in [6, 6.07) is 23.4. The molecule has 1 fully saturated rings. The molecule has 40 heavy (non-hydrogen) atoms. The number of esters is 1. The first-order chi connectivity index (χ1) is 19.3. The third-order valence-corrected chi connectivity index (χ3v) is 7.94. The maximum absolute atomic E-state index is 13.1. The number of methoxy groups -OCH3 is 1. The number of fused-ring (bicyclic) bond motifs is 1. The molecule has 4 aromatic rings. The van der Waals surface area contributed by atoms with Crippen molar-refractivity contribution in [2.45, 2.75) is 0 Å². The molecule has 0 radical (unpaired) electrons. The van der Waals surface area contributed by atoms with E-state index in [1.54, 1.807) is 36.4 Å². The largest absolute Gasteiger partial charge is 0.493 e. The monoisotopic (exact) mass is 685 g/mol. The highest BCUT2D eigenvalue weighted by Gasteiger charge is 2.35. The van der Waals surface area contributed by atoms with Gasteiger partial charge in [-0.25, -0.2) is 4.79 Å². The van der Waals surface area contributed by atoms with Crippen LogP contribution < -0.4 is 14.2 Å². The number of hydrogen-bond acceptors (Lipinski definition) is 7. The quantitative estimate of drug-likeness (QED) is 0.0826. The minimum atomic E-state index is -0.585. The lowest BCUT2D eigenvalue weighted by Gasteiger charge is -2.14. The van der Waals surface area contributed by atoms with Gasteiger partial charge in [0.25, 0.3) is 11.1 Å². The van der Waals surface area contributed by atoms with Gasteiger partial charge in [0.15, 0.2) is 11.5 Å². The molecule has 0 aromatic heterocycles. The van der Waals surface area contributed by atoms with Crippen molar-refractivity contribution < 1.29 is 28.6 Å².